The van der Waals surface area contributed by atoms with Crippen molar-refractivity contribution in [3.05, 3.63) is 128 Å². The van der Waals surface area contributed by atoms with Crippen molar-refractivity contribution in [2.24, 2.45) is 0 Å². The number of aliphatic hydroxyl groups excluding tert-OH is 6. The van der Waals surface area contributed by atoms with Crippen molar-refractivity contribution in [3.63, 3.8) is 0 Å². The smallest absolute Gasteiger partial charge is 0.330 e. The second-order valence-electron chi connectivity index (χ2n) is 15.1. The van der Waals surface area contributed by atoms with E-state index >= 15 is 0 Å². The van der Waals surface area contributed by atoms with Gasteiger partial charge in [0.05, 0.1) is 8.22 Å². The molecule has 0 saturated carbocycles. The topological polar surface area (TPSA) is 418 Å². The Kier molecular flexibility index (Phi) is 15.6. The third-order valence-electron chi connectivity index (χ3n) is 9.84. The molecule has 4 aliphatic rings. The van der Waals surface area contributed by atoms with Crippen molar-refractivity contribution in [3.8, 4) is 0 Å². The van der Waals surface area contributed by atoms with Crippen LogP contribution in [0.25, 0.3) is 0 Å². The highest BCUT2D eigenvalue weighted by molar-refractivity contribution is 6.31. The van der Waals surface area contributed by atoms with Gasteiger partial charge in [-0.1, -0.05) is 46.4 Å². The van der Waals surface area contributed by atoms with Gasteiger partial charge in [0.2, 0.25) is 23.4 Å². The maximum Gasteiger partial charge on any atom is 0.330 e. The summed E-state index contributed by atoms with van der Waals surface area (Å²) in [5.41, 5.74) is -7.73. The summed E-state index contributed by atoms with van der Waals surface area (Å²) in [5.74, 6) is -11.7. The summed E-state index contributed by atoms with van der Waals surface area (Å²) in [6, 6.07) is 0. The van der Waals surface area contributed by atoms with Crippen LogP contribution >= 0.6 is 46.4 Å². The molecule has 12 N–H and O–H groups in total. The fourth-order valence-corrected chi connectivity index (χ4v) is 7.09. The van der Waals surface area contributed by atoms with Crippen LogP contribution in [0.4, 0.5) is 17.6 Å². The van der Waals surface area contributed by atoms with Crippen LogP contribution in [0.1, 0.15) is 58.8 Å². The first-order valence-electron chi connectivity index (χ1n) is 22.5. The van der Waals surface area contributed by atoms with Crippen LogP contribution in [0.5, 0.6) is 0 Å². The number of hydrogen-bond acceptors (Lipinski definition) is 20. The first-order valence-corrected chi connectivity index (χ1v) is 21.0. The van der Waals surface area contributed by atoms with E-state index in [0.29, 0.717) is 19.9 Å². The van der Waals surface area contributed by atoms with Crippen LogP contribution in [-0.4, -0.2) is 153 Å². The molecule has 4 saturated heterocycles. The fourth-order valence-electron chi connectivity index (χ4n) is 6.49. The zero-order valence-electron chi connectivity index (χ0n) is 41.3. The van der Waals surface area contributed by atoms with E-state index in [0.717, 1.165) is 23.2 Å². The number of alkyl halides is 4. The van der Waals surface area contributed by atoms with Crippen LogP contribution in [-0.2, 0) is 18.9 Å². The summed E-state index contributed by atoms with van der Waals surface area (Å²) in [6.07, 6.45) is -15.0. The highest BCUT2D eigenvalue weighted by Crippen LogP contribution is 2.40. The molecule has 0 spiro atoms. The molecule has 36 heteroatoms. The van der Waals surface area contributed by atoms with E-state index in [-0.39, 0.29) is 5.02 Å². The third kappa shape index (κ3) is 13.1. The summed E-state index contributed by atoms with van der Waals surface area (Å²) in [6.45, 7) is -8.94. The van der Waals surface area contributed by atoms with Crippen LogP contribution in [0, 0.1) is 0 Å². The largest absolute Gasteiger partial charge is 0.390 e. The molecule has 8 rings (SSSR count). The minimum absolute atomic E-state index is 0.300. The lowest BCUT2D eigenvalue weighted by Gasteiger charge is -2.19. The van der Waals surface area contributed by atoms with Gasteiger partial charge in [0.25, 0.3) is 22.2 Å². The number of nitrogens with zero attached hydrogens (tertiary/aromatic N) is 4. The highest BCUT2D eigenvalue weighted by atomic mass is 35.5. The van der Waals surface area contributed by atoms with E-state index in [1.807, 2.05) is 9.97 Å². The molecule has 4 aromatic heterocycles. The molecule has 0 radical (unpaired) electrons. The van der Waals surface area contributed by atoms with Crippen LogP contribution in [0.2, 0.25) is 20.1 Å². The van der Waals surface area contributed by atoms with E-state index < -0.39 is 185 Å². The molecule has 0 aliphatic carbocycles. The fraction of sp³-hybridized carbons (Fsp3) is 0.556. The predicted octanol–water partition coefficient (Wildman–Crippen LogP) is -3.49. The molecule has 4 fully saturated rings. The summed E-state index contributed by atoms with van der Waals surface area (Å²) in [7, 11) is 0. The number of H-pyrrole nitrogens is 4. The van der Waals surface area contributed by atoms with Gasteiger partial charge in [0.1, 0.15) is 70.8 Å². The van der Waals surface area contributed by atoms with Gasteiger partial charge < -0.3 is 59.8 Å². The Hall–Kier alpha value is -4.88. The van der Waals surface area contributed by atoms with Crippen molar-refractivity contribution in [2.75, 3.05) is 26.3 Å². The molecular formula is C36H40Cl4F4N8O20. The molecule has 72 heavy (non-hydrogen) atoms. The Morgan fingerprint density at radius 2 is 0.736 bits per heavy atom. The van der Waals surface area contributed by atoms with E-state index in [2.05, 4.69) is 14.2 Å². The minimum atomic E-state index is -3.52. The van der Waals surface area contributed by atoms with Crippen LogP contribution in [0.3, 0.4) is 0 Å². The maximum absolute atomic E-state index is 14.2. The Bertz CT molecular complexity index is 3410. The first-order chi connectivity index (χ1) is 35.5. The lowest BCUT2D eigenvalue weighted by atomic mass is 10.2. The van der Waals surface area contributed by atoms with Gasteiger partial charge in [-0.15, -0.1) is 0 Å². The Morgan fingerprint density at radius 3 is 1.03 bits per heavy atom. The second kappa shape index (κ2) is 22.7. The SMILES string of the molecule is O=c1[nH]c(=O)n([C@@H]2O[C@](F)(CO)C[C@H]2O)cc1Cl.[2H]C([2H])(O)[C@]1(F)C[C@@H](O)[C@H](n2cc(Cl)c(=O)[nH]c2=O)O1.[2H]C([2H])(O)[C@]1(F)C[C@@H](O)[C@]([2H])(n2cc(Cl)c(=O)[nH]c2=O)O1.[2H][C@@]1(n2cc(Cl)c(=O)[nH]c2=O)O[C@](F)(CO)C[C@H]1O. The molecule has 28 nitrogen and oxygen atoms in total. The molecule has 0 bridgehead atoms. The molecule has 4 aliphatic heterocycles. The summed E-state index contributed by atoms with van der Waals surface area (Å²) in [5, 5.41) is 72.9. The Labute approximate surface area is 422 Å². The number of nitrogens with one attached hydrogen (secondary N) is 4. The molecule has 0 amide bonds. The van der Waals surface area contributed by atoms with E-state index in [9.17, 15) is 76.3 Å². The van der Waals surface area contributed by atoms with Gasteiger partial charge in [-0.05, 0) is 0 Å². The molecule has 0 aromatic carbocycles. The van der Waals surface area contributed by atoms with Gasteiger partial charge in [-0.3, -0.25) is 57.4 Å². The van der Waals surface area contributed by atoms with Crippen molar-refractivity contribution in [1.82, 2.24) is 38.2 Å². The van der Waals surface area contributed by atoms with Gasteiger partial charge in [0, 0.05) is 50.5 Å². The number of aromatic amines is 4. The summed E-state index contributed by atoms with van der Waals surface area (Å²) in [4.78, 5) is 97.9. The Morgan fingerprint density at radius 1 is 0.486 bits per heavy atom. The molecule has 4 aromatic rings. The maximum atomic E-state index is 14.2. The van der Waals surface area contributed by atoms with Crippen molar-refractivity contribution < 1.29 is 85.6 Å². The molecule has 8 heterocycles. The standard InChI is InChI=1S/4C9H10ClFN2O5/c4*10-4-2-13(8(17)12-6(4)16)7-5(15)1-9(11,3-14)18-7/h4*2,5,7,14-15H,1,3H2,(H,12,16,17)/t4*5-,7-,9+/m1111/s1/i3D2,7D;7D;3D2;. The van der Waals surface area contributed by atoms with Gasteiger partial charge >= 0.3 is 22.8 Å². The average Bonchev–Trinajstić information content (AvgIpc) is 3.98. The number of aliphatic hydroxyl groups is 8. The molecule has 12 atom stereocenters. The van der Waals surface area contributed by atoms with Gasteiger partial charge in [-0.2, -0.15) is 0 Å². The quantitative estimate of drug-likeness (QED) is 0.0762. The zero-order chi connectivity index (χ0) is 59.4. The van der Waals surface area contributed by atoms with Gasteiger partial charge in [0.15, 0.2) is 24.9 Å². The average molecular weight is 1130 g/mol. The number of aromatic nitrogens is 8. The number of rotatable bonds is 8. The zero-order valence-corrected chi connectivity index (χ0v) is 38.3. The van der Waals surface area contributed by atoms with Crippen LogP contribution in [0.15, 0.2) is 63.1 Å². The number of hydrogen-bond donors (Lipinski definition) is 12. The lowest BCUT2D eigenvalue weighted by Crippen LogP contribution is -2.36. The summed E-state index contributed by atoms with van der Waals surface area (Å²) < 4.78 is 120. The normalized spacial score (nSPS) is 35.4. The minimum Gasteiger partial charge on any atom is -0.390 e. The van der Waals surface area contributed by atoms with Crippen molar-refractivity contribution in [1.29, 1.82) is 0 Å². The third-order valence-corrected chi connectivity index (χ3v) is 10.9. The number of halogens is 8. The van der Waals surface area contributed by atoms with E-state index in [1.165, 1.54) is 0 Å². The van der Waals surface area contributed by atoms with Crippen LogP contribution < -0.4 is 45.0 Å². The first kappa shape index (κ1) is 49.3. The van der Waals surface area contributed by atoms with Gasteiger partial charge in [-0.25, -0.2) is 36.7 Å². The van der Waals surface area contributed by atoms with Crippen molar-refractivity contribution in [2.45, 2.75) is 98.4 Å². The molecule has 400 valence electrons. The van der Waals surface area contributed by atoms with E-state index in [4.69, 9.17) is 79.8 Å². The second-order valence-corrected chi connectivity index (χ2v) is 16.8. The van der Waals surface area contributed by atoms with E-state index in [1.54, 1.807) is 9.97 Å². The van der Waals surface area contributed by atoms with Crippen molar-refractivity contribution >= 4 is 46.4 Å². The highest BCUT2D eigenvalue weighted by Gasteiger charge is 2.50. The lowest BCUT2D eigenvalue weighted by molar-refractivity contribution is -0.181. The number of ether oxygens (including phenoxy) is 4. The summed E-state index contributed by atoms with van der Waals surface area (Å²) >= 11 is 22.1. The predicted molar refractivity (Wildman–Crippen MR) is 232 cm³/mol. The Balaban J connectivity index is 0.000000192. The monoisotopic (exact) mass is 1130 g/mol. The molecule has 0 unspecified atom stereocenters. The molecular weight excluding hydrogens is 1080 g/mol.